The van der Waals surface area contributed by atoms with Crippen LogP contribution in [-0.2, 0) is 9.94 Å². The average Bonchev–Trinajstić information content (AvgIpc) is 3.23. The first-order valence-electron chi connectivity index (χ1n) is 15.1. The van der Waals surface area contributed by atoms with E-state index in [1.165, 1.54) is 16.7 Å². The van der Waals surface area contributed by atoms with Crippen molar-refractivity contribution in [1.29, 1.82) is 0 Å². The Balaban J connectivity index is 1.62. The van der Waals surface area contributed by atoms with E-state index in [0.717, 1.165) is 47.5 Å². The maximum atomic E-state index is 6.59. The summed E-state index contributed by atoms with van der Waals surface area (Å²) < 4.78 is 23.9. The fourth-order valence-corrected chi connectivity index (χ4v) is 6.79. The Bertz CT molecular complexity index is 1560. The first kappa shape index (κ1) is 33.0. The lowest BCUT2D eigenvalue weighted by molar-refractivity contribution is 0.291. The van der Waals surface area contributed by atoms with Crippen LogP contribution in [0.2, 0.25) is 0 Å². The maximum absolute atomic E-state index is 6.59. The molecule has 0 bridgehead atoms. The summed E-state index contributed by atoms with van der Waals surface area (Å²) >= 11 is 0. The lowest BCUT2D eigenvalue weighted by Gasteiger charge is -2.29. The molecular formula is C39H45O4P. The van der Waals surface area contributed by atoms with Crippen LogP contribution < -0.4 is 13.8 Å². The Morgan fingerprint density at radius 3 is 2.45 bits per heavy atom. The summed E-state index contributed by atoms with van der Waals surface area (Å²) in [5, 5.41) is 0. The van der Waals surface area contributed by atoms with Gasteiger partial charge >= 0.3 is 8.60 Å². The molecule has 0 fully saturated rings. The van der Waals surface area contributed by atoms with E-state index in [-0.39, 0.29) is 10.8 Å². The summed E-state index contributed by atoms with van der Waals surface area (Å²) in [5.74, 6) is 2.56. The summed E-state index contributed by atoms with van der Waals surface area (Å²) in [6.45, 7) is 17.5. The number of hydrogen-bond acceptors (Lipinski definition) is 4. The van der Waals surface area contributed by atoms with Gasteiger partial charge in [0.1, 0.15) is 23.4 Å². The first-order valence-corrected chi connectivity index (χ1v) is 16.2. The predicted molar refractivity (Wildman–Crippen MR) is 185 cm³/mol. The van der Waals surface area contributed by atoms with Crippen molar-refractivity contribution in [3.8, 4) is 29.8 Å². The standard InChI is InChI=1S/C39H45O4P/c1-10-28(3)22-23-38(5,6)26-32-27-39(7,8)34-24-29(4)25-36(37(32)34)43-44(41-11-2)42-35-15-13-12-14-31(35)19-16-30-17-20-33(40-9)21-18-30/h2,10,12-22,24-25,32H,1,23,26-27H2,3-9H3/b19-16+,28-22-. The molecule has 3 aromatic rings. The van der Waals surface area contributed by atoms with Gasteiger partial charge in [0.25, 0.3) is 0 Å². The minimum atomic E-state index is -1.93. The monoisotopic (exact) mass is 608 g/mol. The summed E-state index contributed by atoms with van der Waals surface area (Å²) in [5.41, 5.74) is 6.95. The Morgan fingerprint density at radius 1 is 1.07 bits per heavy atom. The molecule has 0 saturated carbocycles. The quantitative estimate of drug-likeness (QED) is 0.0837. The highest BCUT2D eigenvalue weighted by atomic mass is 31.2. The van der Waals surface area contributed by atoms with E-state index in [1.54, 1.807) is 7.11 Å². The third-order valence-corrected chi connectivity index (χ3v) is 9.19. The molecule has 4 nitrogen and oxygen atoms in total. The van der Waals surface area contributed by atoms with Crippen molar-refractivity contribution >= 4 is 20.8 Å². The molecule has 0 amide bonds. The number of hydrogen-bond donors (Lipinski definition) is 0. The zero-order valence-electron chi connectivity index (χ0n) is 27.1. The molecule has 44 heavy (non-hydrogen) atoms. The fourth-order valence-electron chi connectivity index (χ4n) is 5.96. The summed E-state index contributed by atoms with van der Waals surface area (Å²) in [7, 11) is -0.267. The van der Waals surface area contributed by atoms with Crippen LogP contribution >= 0.6 is 8.60 Å². The number of aryl methyl sites for hydroxylation is 1. The maximum Gasteiger partial charge on any atom is 0.539 e. The summed E-state index contributed by atoms with van der Waals surface area (Å²) in [6.07, 6.45) is 19.2. The van der Waals surface area contributed by atoms with Crippen LogP contribution in [-0.4, -0.2) is 7.11 Å². The largest absolute Gasteiger partial charge is 0.539 e. The second-order valence-electron chi connectivity index (χ2n) is 13.0. The SMILES string of the molecule is C#COP(Oc1ccccc1/C=C/c1ccc(OC)cc1)Oc1cc(C)cc2c1C(CC(C)(C)C/C=C(/C)C=C)CC2(C)C. The van der Waals surface area contributed by atoms with Gasteiger partial charge in [0.15, 0.2) is 0 Å². The first-order chi connectivity index (χ1) is 20.9. The van der Waals surface area contributed by atoms with Crippen molar-refractivity contribution in [2.75, 3.05) is 7.11 Å². The molecule has 0 spiro atoms. The van der Waals surface area contributed by atoms with Gasteiger partial charge in [-0.3, -0.25) is 0 Å². The molecule has 1 aliphatic rings. The van der Waals surface area contributed by atoms with Crippen LogP contribution in [0.15, 0.2) is 85.0 Å². The Kier molecular flexibility index (Phi) is 10.7. The lowest BCUT2D eigenvalue weighted by atomic mass is 9.76. The molecule has 0 radical (unpaired) electrons. The molecule has 1 aliphatic carbocycles. The predicted octanol–water partition coefficient (Wildman–Crippen LogP) is 11.2. The van der Waals surface area contributed by atoms with Crippen molar-refractivity contribution in [3.63, 3.8) is 0 Å². The molecule has 0 aliphatic heterocycles. The second-order valence-corrected chi connectivity index (χ2v) is 14.0. The average molecular weight is 609 g/mol. The zero-order chi connectivity index (χ0) is 31.9. The van der Waals surface area contributed by atoms with Crippen molar-refractivity contribution in [1.82, 2.24) is 0 Å². The van der Waals surface area contributed by atoms with E-state index in [4.69, 9.17) is 24.7 Å². The third kappa shape index (κ3) is 8.37. The van der Waals surface area contributed by atoms with Gasteiger partial charge in [-0.15, -0.1) is 0 Å². The Morgan fingerprint density at radius 2 is 1.77 bits per heavy atom. The number of fused-ring (bicyclic) bond motifs is 1. The van der Waals surface area contributed by atoms with Gasteiger partial charge in [-0.1, -0.05) is 107 Å². The van der Waals surface area contributed by atoms with Crippen molar-refractivity contribution < 1.29 is 18.3 Å². The number of ether oxygens (including phenoxy) is 1. The molecule has 2 atom stereocenters. The van der Waals surface area contributed by atoms with Crippen LogP contribution in [0.1, 0.15) is 87.6 Å². The number of benzene rings is 3. The Labute approximate surface area is 265 Å². The van der Waals surface area contributed by atoms with Crippen LogP contribution in [0.25, 0.3) is 12.2 Å². The van der Waals surface area contributed by atoms with Gasteiger partial charge in [-0.2, -0.15) is 0 Å². The lowest BCUT2D eigenvalue weighted by Crippen LogP contribution is -2.16. The molecule has 230 valence electrons. The number of allylic oxidation sites excluding steroid dienone is 3. The van der Waals surface area contributed by atoms with Gasteiger partial charge < -0.3 is 18.3 Å². The fraction of sp³-hybridized carbons (Fsp3) is 0.333. The van der Waals surface area contributed by atoms with Gasteiger partial charge in [0.05, 0.1) is 7.11 Å². The second kappa shape index (κ2) is 14.2. The van der Waals surface area contributed by atoms with Crippen LogP contribution in [0.5, 0.6) is 17.2 Å². The van der Waals surface area contributed by atoms with E-state index in [1.807, 2.05) is 66.8 Å². The Hall–Kier alpha value is -3.93. The molecule has 4 rings (SSSR count). The highest BCUT2D eigenvalue weighted by Crippen LogP contribution is 2.56. The molecule has 0 saturated heterocycles. The van der Waals surface area contributed by atoms with Gasteiger partial charge in [-0.05, 0) is 90.8 Å². The minimum Gasteiger partial charge on any atom is -0.497 e. The molecule has 3 aromatic carbocycles. The third-order valence-electron chi connectivity index (χ3n) is 8.24. The summed E-state index contributed by atoms with van der Waals surface area (Å²) in [4.78, 5) is 0. The molecule has 0 heterocycles. The molecule has 5 heteroatoms. The van der Waals surface area contributed by atoms with Crippen LogP contribution in [0.3, 0.4) is 0 Å². The van der Waals surface area contributed by atoms with Crippen LogP contribution in [0.4, 0.5) is 0 Å². The van der Waals surface area contributed by atoms with E-state index < -0.39 is 8.60 Å². The van der Waals surface area contributed by atoms with Crippen LogP contribution in [0, 0.1) is 24.9 Å². The molecule has 0 aromatic heterocycles. The normalized spacial score (nSPS) is 16.6. The highest BCUT2D eigenvalue weighted by Gasteiger charge is 2.42. The number of para-hydroxylation sites is 1. The van der Waals surface area contributed by atoms with E-state index in [2.05, 4.69) is 72.4 Å². The molecule has 0 N–H and O–H groups in total. The molecule has 2 unspecified atom stereocenters. The van der Waals surface area contributed by atoms with Crippen molar-refractivity contribution in [3.05, 3.63) is 113 Å². The van der Waals surface area contributed by atoms with Gasteiger partial charge in [0.2, 0.25) is 0 Å². The molecular weight excluding hydrogens is 563 g/mol. The number of methoxy groups -OCH3 is 1. The topological polar surface area (TPSA) is 36.9 Å². The van der Waals surface area contributed by atoms with E-state index in [9.17, 15) is 0 Å². The number of rotatable bonds is 13. The van der Waals surface area contributed by atoms with E-state index >= 15 is 0 Å². The van der Waals surface area contributed by atoms with Crippen molar-refractivity contribution in [2.24, 2.45) is 5.41 Å². The minimum absolute atomic E-state index is 0.0164. The van der Waals surface area contributed by atoms with Gasteiger partial charge in [0, 0.05) is 11.1 Å². The smallest absolute Gasteiger partial charge is 0.497 e. The number of terminal acetylenes is 1. The van der Waals surface area contributed by atoms with Gasteiger partial charge in [-0.25, -0.2) is 0 Å². The van der Waals surface area contributed by atoms with E-state index in [0.29, 0.717) is 11.7 Å². The zero-order valence-corrected chi connectivity index (χ0v) is 28.0. The van der Waals surface area contributed by atoms with Crippen molar-refractivity contribution in [2.45, 2.75) is 72.1 Å². The highest BCUT2D eigenvalue weighted by molar-refractivity contribution is 7.42. The summed E-state index contributed by atoms with van der Waals surface area (Å²) in [6, 6.07) is 20.1.